The Bertz CT molecular complexity index is 239. The lowest BCUT2D eigenvalue weighted by Crippen LogP contribution is -2.28. The van der Waals surface area contributed by atoms with Crippen molar-refractivity contribution in [2.45, 2.75) is 12.8 Å². The van der Waals surface area contributed by atoms with Gasteiger partial charge in [-0.25, -0.2) is 0 Å². The minimum absolute atomic E-state index is 0.181. The van der Waals surface area contributed by atoms with Crippen LogP contribution in [0, 0.1) is 0 Å². The predicted molar refractivity (Wildman–Crippen MR) is 64.1 cm³/mol. The van der Waals surface area contributed by atoms with Crippen molar-refractivity contribution in [2.75, 3.05) is 13.7 Å². The Morgan fingerprint density at radius 1 is 1.36 bits per heavy atom. The third-order valence-electron chi connectivity index (χ3n) is 1.85. The smallest absolute Gasteiger partial charge is 0.180 e. The average Bonchev–Trinajstić information content (AvgIpc) is 2.26. The highest BCUT2D eigenvalue weighted by atomic mass is 127. The van der Waals surface area contributed by atoms with Crippen LogP contribution in [0.4, 0.5) is 0 Å². The molecule has 0 aromatic heterocycles. The van der Waals surface area contributed by atoms with Gasteiger partial charge in [-0.3, -0.25) is 3.07 Å². The summed E-state index contributed by atoms with van der Waals surface area (Å²) in [7, 11) is 1.63. The van der Waals surface area contributed by atoms with E-state index in [-0.39, 0.29) is 6.29 Å². The summed E-state index contributed by atoms with van der Waals surface area (Å²) >= 11 is 1.84. The van der Waals surface area contributed by atoms with Crippen molar-refractivity contribution >= 4 is 23.0 Å². The second-order valence-corrected chi connectivity index (χ2v) is 3.38. The van der Waals surface area contributed by atoms with Gasteiger partial charge in [0.15, 0.2) is 6.29 Å². The summed E-state index contributed by atoms with van der Waals surface area (Å²) in [6.45, 7) is 1.52. The molecule has 0 amide bonds. The first-order valence-corrected chi connectivity index (χ1v) is 5.29. The van der Waals surface area contributed by atoms with E-state index in [1.807, 2.05) is 41.2 Å². The van der Waals surface area contributed by atoms with E-state index >= 15 is 0 Å². The number of hydrogen-bond acceptors (Lipinski definition) is 3. The third kappa shape index (κ3) is 4.36. The van der Waals surface area contributed by atoms with Crippen LogP contribution in [0.1, 0.15) is 5.56 Å². The van der Waals surface area contributed by atoms with Crippen LogP contribution in [0.3, 0.4) is 0 Å². The van der Waals surface area contributed by atoms with Crippen molar-refractivity contribution in [1.82, 2.24) is 5.32 Å². The number of rotatable bonds is 6. The first-order valence-electron chi connectivity index (χ1n) is 4.41. The monoisotopic (exact) mass is 307 g/mol. The van der Waals surface area contributed by atoms with Gasteiger partial charge < -0.3 is 10.1 Å². The number of nitrogens with one attached hydrogen (secondary N) is 1. The Morgan fingerprint density at radius 3 is 2.64 bits per heavy atom. The molecule has 0 bridgehead atoms. The third-order valence-corrected chi connectivity index (χ3v) is 2.41. The number of hydrogen-bond donors (Lipinski definition) is 1. The standard InChI is InChI=1S/C10H14INO2/c1-13-10(14-11)8-12-7-9-5-3-2-4-6-9/h2-6,10,12H,7-8H2,1H3. The molecule has 0 spiro atoms. The van der Waals surface area contributed by atoms with Gasteiger partial charge in [-0.05, 0) is 5.56 Å². The highest BCUT2D eigenvalue weighted by Gasteiger charge is 2.04. The van der Waals surface area contributed by atoms with Crippen LogP contribution in [0.15, 0.2) is 30.3 Å². The minimum Gasteiger partial charge on any atom is -0.354 e. The highest BCUT2D eigenvalue weighted by Crippen LogP contribution is 2.00. The number of benzene rings is 1. The van der Waals surface area contributed by atoms with Crippen LogP contribution in [-0.4, -0.2) is 19.9 Å². The molecule has 0 saturated carbocycles. The summed E-state index contributed by atoms with van der Waals surface area (Å²) < 4.78 is 10.1. The van der Waals surface area contributed by atoms with Gasteiger partial charge in [0.25, 0.3) is 0 Å². The van der Waals surface area contributed by atoms with Gasteiger partial charge in [0, 0.05) is 20.2 Å². The lowest BCUT2D eigenvalue weighted by atomic mass is 10.2. The van der Waals surface area contributed by atoms with Crippen LogP contribution < -0.4 is 5.32 Å². The molecule has 0 saturated heterocycles. The zero-order valence-corrected chi connectivity index (χ0v) is 10.2. The van der Waals surface area contributed by atoms with Crippen molar-refractivity contribution in [3.8, 4) is 0 Å². The number of halogens is 1. The lowest BCUT2D eigenvalue weighted by Gasteiger charge is -2.12. The van der Waals surface area contributed by atoms with Crippen molar-refractivity contribution < 1.29 is 7.80 Å². The Morgan fingerprint density at radius 2 is 2.07 bits per heavy atom. The average molecular weight is 307 g/mol. The molecule has 14 heavy (non-hydrogen) atoms. The second kappa shape index (κ2) is 7.17. The molecule has 1 aromatic rings. The summed E-state index contributed by atoms with van der Waals surface area (Å²) in [5.74, 6) is 0. The maximum Gasteiger partial charge on any atom is 0.180 e. The number of methoxy groups -OCH3 is 1. The zero-order chi connectivity index (χ0) is 10.2. The van der Waals surface area contributed by atoms with E-state index in [1.165, 1.54) is 5.56 Å². The van der Waals surface area contributed by atoms with Crippen LogP contribution in [0.5, 0.6) is 0 Å². The molecule has 0 heterocycles. The second-order valence-electron chi connectivity index (χ2n) is 2.87. The summed E-state index contributed by atoms with van der Waals surface area (Å²) in [6, 6.07) is 10.2. The van der Waals surface area contributed by atoms with Gasteiger partial charge in [-0.2, -0.15) is 0 Å². The molecule has 0 radical (unpaired) electrons. The van der Waals surface area contributed by atoms with Crippen LogP contribution in [-0.2, 0) is 14.3 Å². The molecule has 3 nitrogen and oxygen atoms in total. The highest BCUT2D eigenvalue weighted by molar-refractivity contribution is 14.1. The predicted octanol–water partition coefficient (Wildman–Crippen LogP) is 2.12. The van der Waals surface area contributed by atoms with Crippen molar-refractivity contribution in [2.24, 2.45) is 0 Å². The van der Waals surface area contributed by atoms with Crippen LogP contribution in [0.2, 0.25) is 0 Å². The molecule has 1 rings (SSSR count). The summed E-state index contributed by atoms with van der Waals surface area (Å²) in [4.78, 5) is 0. The van der Waals surface area contributed by atoms with Gasteiger partial charge in [0.05, 0.1) is 0 Å². The molecule has 4 heteroatoms. The normalized spacial score (nSPS) is 12.7. The molecule has 0 fully saturated rings. The maximum atomic E-state index is 5.05. The fourth-order valence-electron chi connectivity index (χ4n) is 1.08. The van der Waals surface area contributed by atoms with E-state index < -0.39 is 0 Å². The fourth-order valence-corrected chi connectivity index (χ4v) is 1.47. The maximum absolute atomic E-state index is 5.05. The topological polar surface area (TPSA) is 30.5 Å². The van der Waals surface area contributed by atoms with Gasteiger partial charge in [-0.1, -0.05) is 30.3 Å². The summed E-state index contributed by atoms with van der Waals surface area (Å²) in [5.41, 5.74) is 1.26. The van der Waals surface area contributed by atoms with Crippen LogP contribution in [0.25, 0.3) is 0 Å². The summed E-state index contributed by atoms with van der Waals surface area (Å²) in [6.07, 6.45) is -0.181. The molecule has 1 N–H and O–H groups in total. The lowest BCUT2D eigenvalue weighted by molar-refractivity contribution is -0.0225. The molecule has 78 valence electrons. The number of ether oxygens (including phenoxy) is 1. The Kier molecular flexibility index (Phi) is 6.09. The van der Waals surface area contributed by atoms with E-state index in [9.17, 15) is 0 Å². The van der Waals surface area contributed by atoms with E-state index in [0.29, 0.717) is 6.54 Å². The Hall–Kier alpha value is -0.170. The van der Waals surface area contributed by atoms with Crippen LogP contribution >= 0.6 is 23.0 Å². The van der Waals surface area contributed by atoms with E-state index in [1.54, 1.807) is 7.11 Å². The van der Waals surface area contributed by atoms with Gasteiger partial charge >= 0.3 is 0 Å². The van der Waals surface area contributed by atoms with E-state index in [4.69, 9.17) is 7.80 Å². The van der Waals surface area contributed by atoms with Crippen molar-refractivity contribution in [3.05, 3.63) is 35.9 Å². The molecule has 1 unspecified atom stereocenters. The molecule has 0 aliphatic rings. The molecule has 1 atom stereocenters. The first-order chi connectivity index (χ1) is 6.86. The fraction of sp³-hybridized carbons (Fsp3) is 0.400. The van der Waals surface area contributed by atoms with E-state index in [0.717, 1.165) is 6.54 Å². The van der Waals surface area contributed by atoms with Crippen molar-refractivity contribution in [1.29, 1.82) is 0 Å². The van der Waals surface area contributed by atoms with Gasteiger partial charge in [-0.15, -0.1) is 0 Å². The minimum atomic E-state index is -0.181. The largest absolute Gasteiger partial charge is 0.354 e. The summed E-state index contributed by atoms with van der Waals surface area (Å²) in [5, 5.41) is 3.25. The molecule has 0 aliphatic carbocycles. The molecular formula is C10H14INO2. The van der Waals surface area contributed by atoms with Gasteiger partial charge in [0.2, 0.25) is 0 Å². The first kappa shape index (κ1) is 11.9. The molecule has 1 aromatic carbocycles. The quantitative estimate of drug-likeness (QED) is 0.645. The SMILES string of the molecule is COC(CNCc1ccccc1)OI. The Labute approximate surface area is 98.5 Å². The van der Waals surface area contributed by atoms with E-state index in [2.05, 4.69) is 17.4 Å². The molecule has 0 aliphatic heterocycles. The zero-order valence-electron chi connectivity index (χ0n) is 8.07. The Balaban J connectivity index is 2.21. The van der Waals surface area contributed by atoms with Crippen molar-refractivity contribution in [3.63, 3.8) is 0 Å². The molecular weight excluding hydrogens is 293 g/mol. The van der Waals surface area contributed by atoms with Gasteiger partial charge in [0.1, 0.15) is 23.0 Å².